The average Bonchev–Trinajstić information content (AvgIpc) is 3.39. The topological polar surface area (TPSA) is 21.3 Å². The van der Waals surface area contributed by atoms with Gasteiger partial charge in [-0.1, -0.05) is 43.3 Å². The highest BCUT2D eigenvalue weighted by Crippen LogP contribution is 2.30. The fourth-order valence-corrected chi connectivity index (χ4v) is 2.75. The third kappa shape index (κ3) is 3.69. The van der Waals surface area contributed by atoms with Crippen molar-refractivity contribution in [3.8, 4) is 5.75 Å². The highest BCUT2D eigenvalue weighted by atomic mass is 16.5. The molecule has 1 saturated carbocycles. The van der Waals surface area contributed by atoms with Gasteiger partial charge in [0.05, 0.1) is 12.6 Å². The molecule has 1 atom stereocenters. The summed E-state index contributed by atoms with van der Waals surface area (Å²) in [5, 5.41) is 3.42. The predicted octanol–water partition coefficient (Wildman–Crippen LogP) is 4.35. The number of benzene rings is 2. The van der Waals surface area contributed by atoms with E-state index in [0.717, 1.165) is 24.7 Å². The van der Waals surface area contributed by atoms with E-state index in [1.807, 2.05) is 7.05 Å². The van der Waals surface area contributed by atoms with Crippen LogP contribution in [0.4, 0.5) is 0 Å². The Morgan fingerprint density at radius 3 is 2.50 bits per heavy atom. The van der Waals surface area contributed by atoms with Crippen LogP contribution in [0, 0.1) is 5.92 Å². The van der Waals surface area contributed by atoms with Crippen molar-refractivity contribution >= 4 is 0 Å². The number of hydrogen-bond acceptors (Lipinski definition) is 2. The lowest BCUT2D eigenvalue weighted by molar-refractivity contribution is 0.299. The Bertz CT molecular complexity index is 601. The standard InChI is InChI=1S/C20H25NO/c1-3-15-9-11-17(12-10-15)20(21-2)18-5-4-6-19(13-18)22-14-16-7-8-16/h4-6,9-13,16,20-21H,3,7-8,14H2,1-2H3. The first-order valence-electron chi connectivity index (χ1n) is 8.29. The molecule has 0 aromatic heterocycles. The Hall–Kier alpha value is -1.80. The van der Waals surface area contributed by atoms with Crippen LogP contribution in [0.15, 0.2) is 48.5 Å². The van der Waals surface area contributed by atoms with Crippen LogP contribution in [0.25, 0.3) is 0 Å². The van der Waals surface area contributed by atoms with Crippen LogP contribution in [0.2, 0.25) is 0 Å². The second kappa shape index (κ2) is 6.97. The molecule has 0 aliphatic heterocycles. The lowest BCUT2D eigenvalue weighted by atomic mass is 9.97. The maximum atomic E-state index is 5.91. The van der Waals surface area contributed by atoms with Gasteiger partial charge in [-0.25, -0.2) is 0 Å². The summed E-state index contributed by atoms with van der Waals surface area (Å²) in [5.74, 6) is 1.76. The molecule has 2 aromatic rings. The first-order chi connectivity index (χ1) is 10.8. The smallest absolute Gasteiger partial charge is 0.119 e. The van der Waals surface area contributed by atoms with Gasteiger partial charge in [0.2, 0.25) is 0 Å². The highest BCUT2D eigenvalue weighted by molar-refractivity contribution is 5.37. The van der Waals surface area contributed by atoms with Crippen LogP contribution in [0.3, 0.4) is 0 Å². The summed E-state index contributed by atoms with van der Waals surface area (Å²) in [6, 6.07) is 17.5. The molecule has 0 spiro atoms. The van der Waals surface area contributed by atoms with Crippen molar-refractivity contribution in [3.05, 3.63) is 65.2 Å². The zero-order valence-electron chi connectivity index (χ0n) is 13.5. The van der Waals surface area contributed by atoms with Crippen molar-refractivity contribution in [1.82, 2.24) is 5.32 Å². The lowest BCUT2D eigenvalue weighted by Gasteiger charge is -2.18. The normalized spacial score (nSPS) is 15.5. The monoisotopic (exact) mass is 295 g/mol. The van der Waals surface area contributed by atoms with Gasteiger partial charge in [-0.2, -0.15) is 0 Å². The van der Waals surface area contributed by atoms with Gasteiger partial charge in [-0.05, 0) is 61.1 Å². The van der Waals surface area contributed by atoms with Crippen LogP contribution in [0.1, 0.15) is 42.5 Å². The van der Waals surface area contributed by atoms with Gasteiger partial charge in [-0.3, -0.25) is 0 Å². The van der Waals surface area contributed by atoms with Gasteiger partial charge < -0.3 is 10.1 Å². The Morgan fingerprint density at radius 2 is 1.86 bits per heavy atom. The van der Waals surface area contributed by atoms with Gasteiger partial charge in [0.15, 0.2) is 0 Å². The SMILES string of the molecule is CCc1ccc(C(NC)c2cccc(OCC3CC3)c2)cc1. The van der Waals surface area contributed by atoms with E-state index in [9.17, 15) is 0 Å². The van der Waals surface area contributed by atoms with E-state index in [2.05, 4.69) is 60.8 Å². The molecule has 0 amide bonds. The second-order valence-electron chi connectivity index (χ2n) is 6.14. The summed E-state index contributed by atoms with van der Waals surface area (Å²) in [5.41, 5.74) is 3.92. The predicted molar refractivity (Wildman–Crippen MR) is 91.4 cm³/mol. The van der Waals surface area contributed by atoms with Crippen LogP contribution in [-0.2, 0) is 6.42 Å². The first kappa shape index (κ1) is 15.1. The maximum absolute atomic E-state index is 5.91. The van der Waals surface area contributed by atoms with Gasteiger partial charge in [-0.15, -0.1) is 0 Å². The molecule has 2 nitrogen and oxygen atoms in total. The minimum Gasteiger partial charge on any atom is -0.493 e. The summed E-state index contributed by atoms with van der Waals surface area (Å²) >= 11 is 0. The number of rotatable bonds is 7. The molecule has 22 heavy (non-hydrogen) atoms. The van der Waals surface area contributed by atoms with Crippen molar-refractivity contribution in [2.45, 2.75) is 32.2 Å². The zero-order valence-corrected chi connectivity index (χ0v) is 13.5. The van der Waals surface area contributed by atoms with E-state index in [4.69, 9.17) is 4.74 Å². The molecule has 1 aliphatic rings. The fraction of sp³-hybridized carbons (Fsp3) is 0.400. The van der Waals surface area contributed by atoms with E-state index in [-0.39, 0.29) is 6.04 Å². The zero-order chi connectivity index (χ0) is 15.4. The summed E-state index contributed by atoms with van der Waals surface area (Å²) < 4.78 is 5.91. The summed E-state index contributed by atoms with van der Waals surface area (Å²) in [6.07, 6.45) is 3.72. The van der Waals surface area contributed by atoms with Crippen LogP contribution in [0.5, 0.6) is 5.75 Å². The van der Waals surface area contributed by atoms with E-state index >= 15 is 0 Å². The second-order valence-corrected chi connectivity index (χ2v) is 6.14. The average molecular weight is 295 g/mol. The Balaban J connectivity index is 1.77. The Morgan fingerprint density at radius 1 is 1.09 bits per heavy atom. The van der Waals surface area contributed by atoms with E-state index in [0.29, 0.717) is 0 Å². The third-order valence-corrected chi connectivity index (χ3v) is 4.38. The fourth-order valence-electron chi connectivity index (χ4n) is 2.75. The molecule has 0 bridgehead atoms. The summed E-state index contributed by atoms with van der Waals surface area (Å²) in [6.45, 7) is 3.05. The number of hydrogen-bond donors (Lipinski definition) is 1. The van der Waals surface area contributed by atoms with Crippen molar-refractivity contribution in [2.75, 3.05) is 13.7 Å². The molecule has 2 heteroatoms. The molecular weight excluding hydrogens is 270 g/mol. The Labute approximate surface area is 133 Å². The number of ether oxygens (including phenoxy) is 1. The summed E-state index contributed by atoms with van der Waals surface area (Å²) in [7, 11) is 2.01. The molecule has 0 heterocycles. The van der Waals surface area contributed by atoms with Crippen LogP contribution in [-0.4, -0.2) is 13.7 Å². The molecular formula is C20H25NO. The maximum Gasteiger partial charge on any atom is 0.119 e. The van der Waals surface area contributed by atoms with E-state index in [1.165, 1.54) is 29.5 Å². The molecule has 1 N–H and O–H groups in total. The van der Waals surface area contributed by atoms with Crippen molar-refractivity contribution < 1.29 is 4.74 Å². The molecule has 0 saturated heterocycles. The van der Waals surface area contributed by atoms with Crippen molar-refractivity contribution in [3.63, 3.8) is 0 Å². The van der Waals surface area contributed by atoms with Gasteiger partial charge in [0, 0.05) is 0 Å². The van der Waals surface area contributed by atoms with Gasteiger partial charge in [0.1, 0.15) is 5.75 Å². The van der Waals surface area contributed by atoms with Crippen molar-refractivity contribution in [2.24, 2.45) is 5.92 Å². The van der Waals surface area contributed by atoms with Gasteiger partial charge in [0.25, 0.3) is 0 Å². The summed E-state index contributed by atoms with van der Waals surface area (Å²) in [4.78, 5) is 0. The molecule has 116 valence electrons. The van der Waals surface area contributed by atoms with Crippen molar-refractivity contribution in [1.29, 1.82) is 0 Å². The number of nitrogens with one attached hydrogen (secondary N) is 1. The van der Waals surface area contributed by atoms with E-state index < -0.39 is 0 Å². The van der Waals surface area contributed by atoms with Crippen LogP contribution < -0.4 is 10.1 Å². The third-order valence-electron chi connectivity index (χ3n) is 4.38. The first-order valence-corrected chi connectivity index (χ1v) is 8.29. The molecule has 3 rings (SSSR count). The Kier molecular flexibility index (Phi) is 4.79. The van der Waals surface area contributed by atoms with E-state index in [1.54, 1.807) is 0 Å². The molecule has 1 fully saturated rings. The van der Waals surface area contributed by atoms with Crippen LogP contribution >= 0.6 is 0 Å². The molecule has 2 aromatic carbocycles. The molecule has 1 unspecified atom stereocenters. The molecule has 1 aliphatic carbocycles. The van der Waals surface area contributed by atoms with Gasteiger partial charge >= 0.3 is 0 Å². The quantitative estimate of drug-likeness (QED) is 0.820. The minimum absolute atomic E-state index is 0.204. The lowest BCUT2D eigenvalue weighted by Crippen LogP contribution is -2.17. The number of aryl methyl sites for hydroxylation is 1. The largest absolute Gasteiger partial charge is 0.493 e. The highest BCUT2D eigenvalue weighted by Gasteiger charge is 2.22. The minimum atomic E-state index is 0.204. The molecule has 0 radical (unpaired) electrons.